The first kappa shape index (κ1) is 17.2. The summed E-state index contributed by atoms with van der Waals surface area (Å²) in [5.41, 5.74) is 0.473. The molecular formula is C18H18N2O4. The van der Waals surface area contributed by atoms with Crippen molar-refractivity contribution < 1.29 is 19.0 Å². The number of nitrogens with zero attached hydrogens (tertiary/aromatic N) is 1. The minimum atomic E-state index is -0.238. The molecule has 0 atom stereocenters. The highest BCUT2D eigenvalue weighted by molar-refractivity contribution is 5.95. The van der Waals surface area contributed by atoms with Crippen LogP contribution in [0.15, 0.2) is 42.7 Å². The first-order valence-corrected chi connectivity index (χ1v) is 7.23. The lowest BCUT2D eigenvalue weighted by Crippen LogP contribution is -2.23. The van der Waals surface area contributed by atoms with Gasteiger partial charge >= 0.3 is 0 Å². The predicted molar refractivity (Wildman–Crippen MR) is 89.4 cm³/mol. The first-order chi connectivity index (χ1) is 11.7. The predicted octanol–water partition coefficient (Wildman–Crippen LogP) is 1.91. The summed E-state index contributed by atoms with van der Waals surface area (Å²) in [7, 11) is 3.06. The highest BCUT2D eigenvalue weighted by Gasteiger charge is 2.09. The number of benzene rings is 1. The Bertz CT molecular complexity index is 736. The zero-order valence-corrected chi connectivity index (χ0v) is 13.5. The van der Waals surface area contributed by atoms with Crippen molar-refractivity contribution in [2.24, 2.45) is 0 Å². The Morgan fingerprint density at radius 1 is 1.17 bits per heavy atom. The van der Waals surface area contributed by atoms with Gasteiger partial charge < -0.3 is 19.5 Å². The molecule has 2 rings (SSSR count). The smallest absolute Gasteiger partial charge is 0.252 e. The van der Waals surface area contributed by atoms with Crippen molar-refractivity contribution in [3.63, 3.8) is 0 Å². The molecule has 0 aliphatic rings. The molecule has 0 fully saturated rings. The van der Waals surface area contributed by atoms with E-state index in [0.29, 0.717) is 22.8 Å². The summed E-state index contributed by atoms with van der Waals surface area (Å²) < 4.78 is 15.7. The summed E-state index contributed by atoms with van der Waals surface area (Å²) in [4.78, 5) is 16.0. The molecule has 1 heterocycles. The Labute approximate surface area is 140 Å². The average Bonchev–Trinajstić information content (AvgIpc) is 2.64. The molecule has 0 saturated carbocycles. The number of nitrogens with one attached hydrogen (secondary N) is 1. The molecule has 1 N–H and O–H groups in total. The Hall–Kier alpha value is -3.20. The largest absolute Gasteiger partial charge is 0.493 e. The van der Waals surface area contributed by atoms with E-state index in [1.807, 2.05) is 0 Å². The molecule has 0 aliphatic heterocycles. The molecule has 1 aromatic heterocycles. The third-order valence-electron chi connectivity index (χ3n) is 3.05. The maximum absolute atomic E-state index is 12.1. The summed E-state index contributed by atoms with van der Waals surface area (Å²) >= 11 is 0. The summed E-state index contributed by atoms with van der Waals surface area (Å²) in [6, 6.07) is 8.55. The number of ether oxygens (including phenoxy) is 3. The number of rotatable bonds is 6. The van der Waals surface area contributed by atoms with Crippen LogP contribution in [0.1, 0.15) is 10.4 Å². The van der Waals surface area contributed by atoms with Crippen LogP contribution in [-0.4, -0.2) is 38.3 Å². The number of methoxy groups -OCH3 is 2. The highest BCUT2D eigenvalue weighted by Crippen LogP contribution is 2.27. The molecule has 6 heteroatoms. The van der Waals surface area contributed by atoms with E-state index in [9.17, 15) is 4.79 Å². The fraction of sp³-hybridized carbons (Fsp3) is 0.222. The minimum absolute atomic E-state index is 0.226. The lowest BCUT2D eigenvalue weighted by Gasteiger charge is -2.09. The van der Waals surface area contributed by atoms with Gasteiger partial charge in [0.1, 0.15) is 12.4 Å². The lowest BCUT2D eigenvalue weighted by atomic mass is 10.2. The first-order valence-electron chi connectivity index (χ1n) is 7.23. The van der Waals surface area contributed by atoms with Crippen molar-refractivity contribution >= 4 is 5.91 Å². The second-order valence-corrected chi connectivity index (χ2v) is 4.58. The minimum Gasteiger partial charge on any atom is -0.493 e. The molecule has 0 unspecified atom stereocenters. The topological polar surface area (TPSA) is 69.7 Å². The molecule has 0 saturated heterocycles. The van der Waals surface area contributed by atoms with Crippen LogP contribution in [-0.2, 0) is 0 Å². The molecule has 1 aromatic carbocycles. The van der Waals surface area contributed by atoms with Crippen molar-refractivity contribution in [3.8, 4) is 29.1 Å². The van der Waals surface area contributed by atoms with Gasteiger partial charge in [-0.3, -0.25) is 9.78 Å². The van der Waals surface area contributed by atoms with Crippen LogP contribution in [0.5, 0.6) is 17.2 Å². The van der Waals surface area contributed by atoms with E-state index in [1.54, 1.807) is 49.8 Å². The molecule has 0 aliphatic carbocycles. The molecular weight excluding hydrogens is 308 g/mol. The Morgan fingerprint density at radius 2 is 2.00 bits per heavy atom. The van der Waals surface area contributed by atoms with Gasteiger partial charge in [-0.1, -0.05) is 11.8 Å². The third-order valence-corrected chi connectivity index (χ3v) is 3.05. The number of pyridine rings is 1. The van der Waals surface area contributed by atoms with E-state index in [-0.39, 0.29) is 19.1 Å². The molecule has 1 amide bonds. The zero-order valence-electron chi connectivity index (χ0n) is 13.5. The fourth-order valence-corrected chi connectivity index (χ4v) is 1.87. The summed E-state index contributed by atoms with van der Waals surface area (Å²) in [5, 5.41) is 2.71. The maximum atomic E-state index is 12.1. The van der Waals surface area contributed by atoms with Crippen molar-refractivity contribution in [3.05, 3.63) is 48.3 Å². The van der Waals surface area contributed by atoms with Crippen LogP contribution in [0.4, 0.5) is 0 Å². The van der Waals surface area contributed by atoms with Crippen LogP contribution in [0.2, 0.25) is 0 Å². The van der Waals surface area contributed by atoms with Crippen LogP contribution >= 0.6 is 0 Å². The number of carbonyl (C=O) groups is 1. The second kappa shape index (κ2) is 9.06. The number of carbonyl (C=O) groups excluding carboxylic acids is 1. The molecule has 0 bridgehead atoms. The summed E-state index contributed by atoms with van der Waals surface area (Å²) in [6.45, 7) is 0.460. The third kappa shape index (κ3) is 4.92. The summed E-state index contributed by atoms with van der Waals surface area (Å²) in [5.74, 6) is 7.13. The van der Waals surface area contributed by atoms with E-state index in [0.717, 1.165) is 0 Å². The zero-order chi connectivity index (χ0) is 17.2. The van der Waals surface area contributed by atoms with Gasteiger partial charge in [-0.2, -0.15) is 0 Å². The highest BCUT2D eigenvalue weighted by atomic mass is 16.5. The Morgan fingerprint density at radius 3 is 2.71 bits per heavy atom. The van der Waals surface area contributed by atoms with Crippen LogP contribution in [0.3, 0.4) is 0 Å². The number of hydrogen-bond acceptors (Lipinski definition) is 5. The van der Waals surface area contributed by atoms with E-state index >= 15 is 0 Å². The SMILES string of the molecule is COc1ccc(C(=O)NCC#CCOc2cccnc2)cc1OC. The van der Waals surface area contributed by atoms with Gasteiger partial charge in [0.15, 0.2) is 11.5 Å². The quantitative estimate of drug-likeness (QED) is 0.821. The normalized spacial score (nSPS) is 9.42. The number of amides is 1. The van der Waals surface area contributed by atoms with Gasteiger partial charge in [-0.05, 0) is 30.3 Å². The van der Waals surface area contributed by atoms with Gasteiger partial charge in [-0.15, -0.1) is 0 Å². The standard InChI is InChI=1S/C18H18N2O4/c1-22-16-8-7-14(12-17(16)23-2)18(21)20-10-3-4-11-24-15-6-5-9-19-13-15/h5-9,12-13H,10-11H2,1-2H3,(H,20,21). The van der Waals surface area contributed by atoms with E-state index in [1.165, 1.54) is 7.11 Å². The molecule has 124 valence electrons. The molecule has 0 spiro atoms. The van der Waals surface area contributed by atoms with Crippen LogP contribution < -0.4 is 19.5 Å². The van der Waals surface area contributed by atoms with Gasteiger partial charge in [0, 0.05) is 11.8 Å². The van der Waals surface area contributed by atoms with Gasteiger partial charge in [0.05, 0.1) is 27.0 Å². The van der Waals surface area contributed by atoms with Crippen molar-refractivity contribution in [2.75, 3.05) is 27.4 Å². The number of aromatic nitrogens is 1. The van der Waals surface area contributed by atoms with Crippen molar-refractivity contribution in [2.45, 2.75) is 0 Å². The van der Waals surface area contributed by atoms with Crippen molar-refractivity contribution in [1.29, 1.82) is 0 Å². The maximum Gasteiger partial charge on any atom is 0.252 e. The molecule has 2 aromatic rings. The van der Waals surface area contributed by atoms with Crippen LogP contribution in [0, 0.1) is 11.8 Å². The van der Waals surface area contributed by atoms with E-state index in [2.05, 4.69) is 22.1 Å². The van der Waals surface area contributed by atoms with Gasteiger partial charge in [0.25, 0.3) is 5.91 Å². The van der Waals surface area contributed by atoms with Crippen LogP contribution in [0.25, 0.3) is 0 Å². The lowest BCUT2D eigenvalue weighted by molar-refractivity contribution is 0.0958. The molecule has 24 heavy (non-hydrogen) atoms. The van der Waals surface area contributed by atoms with Gasteiger partial charge in [0.2, 0.25) is 0 Å². The van der Waals surface area contributed by atoms with E-state index < -0.39 is 0 Å². The van der Waals surface area contributed by atoms with E-state index in [4.69, 9.17) is 14.2 Å². The van der Waals surface area contributed by atoms with Gasteiger partial charge in [-0.25, -0.2) is 0 Å². The average molecular weight is 326 g/mol. The Kier molecular flexibility index (Phi) is 6.47. The fourth-order valence-electron chi connectivity index (χ4n) is 1.87. The second-order valence-electron chi connectivity index (χ2n) is 4.58. The van der Waals surface area contributed by atoms with Crippen molar-refractivity contribution in [1.82, 2.24) is 10.3 Å². The molecule has 0 radical (unpaired) electrons. The summed E-state index contributed by atoms with van der Waals surface area (Å²) in [6.07, 6.45) is 3.28. The number of hydrogen-bond donors (Lipinski definition) is 1. The monoisotopic (exact) mass is 326 g/mol. The Balaban J connectivity index is 1.80. The molecule has 6 nitrogen and oxygen atoms in total.